The van der Waals surface area contributed by atoms with Crippen LogP contribution < -0.4 is 14.4 Å². The molecule has 1 aromatic rings. The lowest BCUT2D eigenvalue weighted by atomic mass is 10.1. The van der Waals surface area contributed by atoms with E-state index in [4.69, 9.17) is 23.7 Å². The number of methoxy groups -OCH3 is 4. The molecule has 1 aromatic carbocycles. The molecule has 2 rings (SSSR count). The fraction of sp³-hybridized carbons (Fsp3) is 0.412. The summed E-state index contributed by atoms with van der Waals surface area (Å²) in [6.45, 7) is 1.21. The lowest BCUT2D eigenvalue weighted by molar-refractivity contribution is -0.385. The Labute approximate surface area is 160 Å². The summed E-state index contributed by atoms with van der Waals surface area (Å²) < 4.78 is 25.4. The van der Waals surface area contributed by atoms with Gasteiger partial charge in [-0.1, -0.05) is 0 Å². The fourth-order valence-electron chi connectivity index (χ4n) is 2.93. The topological polar surface area (TPSA) is 127 Å². The number of rotatable bonds is 6. The number of esters is 2. The summed E-state index contributed by atoms with van der Waals surface area (Å²) in [4.78, 5) is 36.7. The van der Waals surface area contributed by atoms with Gasteiger partial charge in [0, 0.05) is 11.6 Å². The van der Waals surface area contributed by atoms with Crippen LogP contribution in [-0.2, 0) is 23.8 Å². The minimum absolute atomic E-state index is 0.0142. The molecule has 0 bridgehead atoms. The number of benzene rings is 1. The van der Waals surface area contributed by atoms with E-state index in [2.05, 4.69) is 0 Å². The maximum Gasteiger partial charge on any atom is 0.355 e. The zero-order valence-electron chi connectivity index (χ0n) is 16.1. The molecule has 28 heavy (non-hydrogen) atoms. The first-order valence-electron chi connectivity index (χ1n) is 7.97. The molecule has 0 unspecified atom stereocenters. The minimum Gasteiger partial charge on any atom is -0.494 e. The Hall–Kier alpha value is -3.34. The van der Waals surface area contributed by atoms with Gasteiger partial charge in [0.15, 0.2) is 0 Å². The summed E-state index contributed by atoms with van der Waals surface area (Å²) in [5.74, 6) is -1.40. The molecular formula is C17H20N2O9. The number of carbonyl (C=O) groups is 2. The Morgan fingerprint density at radius 3 is 2.21 bits per heavy atom. The predicted octanol–water partition coefficient (Wildman–Crippen LogP) is 1.31. The Morgan fingerprint density at radius 2 is 1.71 bits per heavy atom. The van der Waals surface area contributed by atoms with E-state index in [1.54, 1.807) is 6.92 Å². The smallest absolute Gasteiger partial charge is 0.355 e. The van der Waals surface area contributed by atoms with Gasteiger partial charge < -0.3 is 28.6 Å². The fourth-order valence-corrected chi connectivity index (χ4v) is 2.93. The molecule has 0 atom stereocenters. The molecule has 0 amide bonds. The second kappa shape index (κ2) is 8.57. The molecule has 0 radical (unpaired) electrons. The highest BCUT2D eigenvalue weighted by molar-refractivity contribution is 6.04. The van der Waals surface area contributed by atoms with E-state index >= 15 is 0 Å². The number of nitro benzene ring substituents is 1. The Morgan fingerprint density at radius 1 is 1.11 bits per heavy atom. The molecule has 11 nitrogen and oxygen atoms in total. The number of ether oxygens (including phenoxy) is 5. The maximum atomic E-state index is 12.4. The third kappa shape index (κ3) is 3.56. The standard InChI is InChI=1S/C17H20N2O9/c1-9-14(24-2)11(6-12(19(22)23)15(9)25-3)18-8-28-7-10(16(20)26-4)13(18)17(21)27-5/h6H,7-8H2,1-5H3. The molecular weight excluding hydrogens is 376 g/mol. The van der Waals surface area contributed by atoms with Crippen LogP contribution in [-0.4, -0.2) is 58.6 Å². The minimum atomic E-state index is -0.832. The van der Waals surface area contributed by atoms with E-state index in [0.717, 1.165) is 14.2 Å². The van der Waals surface area contributed by atoms with Crippen LogP contribution in [0.2, 0.25) is 0 Å². The van der Waals surface area contributed by atoms with Crippen LogP contribution in [0.3, 0.4) is 0 Å². The van der Waals surface area contributed by atoms with Gasteiger partial charge in [0.2, 0.25) is 5.75 Å². The molecule has 1 heterocycles. The van der Waals surface area contributed by atoms with Crippen LogP contribution in [0.15, 0.2) is 17.3 Å². The van der Waals surface area contributed by atoms with E-state index in [1.807, 2.05) is 0 Å². The maximum absolute atomic E-state index is 12.4. The molecule has 1 aliphatic rings. The van der Waals surface area contributed by atoms with Crippen LogP contribution in [0.4, 0.5) is 11.4 Å². The van der Waals surface area contributed by atoms with Crippen molar-refractivity contribution in [3.63, 3.8) is 0 Å². The van der Waals surface area contributed by atoms with Gasteiger partial charge >= 0.3 is 17.6 Å². The molecule has 0 saturated heterocycles. The van der Waals surface area contributed by atoms with E-state index in [9.17, 15) is 19.7 Å². The van der Waals surface area contributed by atoms with Crippen molar-refractivity contribution < 1.29 is 38.2 Å². The number of carbonyl (C=O) groups excluding carboxylic acids is 2. The first-order chi connectivity index (χ1) is 13.3. The summed E-state index contributed by atoms with van der Waals surface area (Å²) in [6.07, 6.45) is 0. The van der Waals surface area contributed by atoms with Gasteiger partial charge in [-0.3, -0.25) is 10.1 Å². The Bertz CT molecular complexity index is 848. The highest BCUT2D eigenvalue weighted by Gasteiger charge is 2.36. The summed E-state index contributed by atoms with van der Waals surface area (Å²) in [5, 5.41) is 11.5. The number of anilines is 1. The first-order valence-corrected chi connectivity index (χ1v) is 7.97. The van der Waals surface area contributed by atoms with Crippen molar-refractivity contribution in [2.24, 2.45) is 0 Å². The highest BCUT2D eigenvalue weighted by Crippen LogP contribution is 2.45. The van der Waals surface area contributed by atoms with Gasteiger partial charge in [-0.25, -0.2) is 9.59 Å². The van der Waals surface area contributed by atoms with Gasteiger partial charge in [-0.2, -0.15) is 0 Å². The third-order valence-electron chi connectivity index (χ3n) is 4.15. The van der Waals surface area contributed by atoms with Crippen LogP contribution in [0.25, 0.3) is 0 Å². The third-order valence-corrected chi connectivity index (χ3v) is 4.15. The van der Waals surface area contributed by atoms with Crippen molar-refractivity contribution in [1.82, 2.24) is 0 Å². The van der Waals surface area contributed by atoms with Gasteiger partial charge in [-0.15, -0.1) is 0 Å². The largest absolute Gasteiger partial charge is 0.494 e. The van der Waals surface area contributed by atoms with Gasteiger partial charge in [0.25, 0.3) is 0 Å². The quantitative estimate of drug-likeness (QED) is 0.394. The monoisotopic (exact) mass is 396 g/mol. The van der Waals surface area contributed by atoms with Gasteiger partial charge in [0.1, 0.15) is 18.2 Å². The summed E-state index contributed by atoms with van der Waals surface area (Å²) in [7, 11) is 4.97. The van der Waals surface area contributed by atoms with Crippen LogP contribution >= 0.6 is 0 Å². The number of hydrogen-bond acceptors (Lipinski definition) is 10. The summed E-state index contributed by atoms with van der Waals surface area (Å²) >= 11 is 0. The van der Waals surface area contributed by atoms with Crippen LogP contribution in [0, 0.1) is 17.0 Å². The second-order valence-corrected chi connectivity index (χ2v) is 5.58. The molecule has 0 aliphatic carbocycles. The van der Waals surface area contributed by atoms with Crippen LogP contribution in [0.5, 0.6) is 11.5 Å². The summed E-state index contributed by atoms with van der Waals surface area (Å²) in [6, 6.07) is 1.18. The molecule has 11 heteroatoms. The molecule has 0 aromatic heterocycles. The predicted molar refractivity (Wildman–Crippen MR) is 95.3 cm³/mol. The van der Waals surface area contributed by atoms with Crippen molar-refractivity contribution in [2.75, 3.05) is 46.7 Å². The van der Waals surface area contributed by atoms with Crippen molar-refractivity contribution in [2.45, 2.75) is 6.92 Å². The van der Waals surface area contributed by atoms with Gasteiger partial charge in [-0.05, 0) is 6.92 Å². The van der Waals surface area contributed by atoms with E-state index in [-0.39, 0.29) is 47.5 Å². The zero-order valence-corrected chi connectivity index (χ0v) is 16.1. The average Bonchev–Trinajstić information content (AvgIpc) is 2.70. The highest BCUT2D eigenvalue weighted by atomic mass is 16.6. The zero-order chi connectivity index (χ0) is 21.0. The number of nitro groups is 1. The van der Waals surface area contributed by atoms with Crippen LogP contribution in [0.1, 0.15) is 5.56 Å². The van der Waals surface area contributed by atoms with E-state index in [0.29, 0.717) is 5.56 Å². The lowest BCUT2D eigenvalue weighted by Crippen LogP contribution is -2.39. The molecule has 0 spiro atoms. The Kier molecular flexibility index (Phi) is 6.41. The van der Waals surface area contributed by atoms with Crippen molar-refractivity contribution in [1.29, 1.82) is 0 Å². The molecule has 0 fully saturated rings. The van der Waals surface area contributed by atoms with E-state index in [1.165, 1.54) is 25.2 Å². The second-order valence-electron chi connectivity index (χ2n) is 5.58. The van der Waals surface area contributed by atoms with E-state index < -0.39 is 16.9 Å². The summed E-state index contributed by atoms with van der Waals surface area (Å²) in [5.41, 5.74) is -0.112. The van der Waals surface area contributed by atoms with Crippen molar-refractivity contribution in [3.05, 3.63) is 33.0 Å². The molecule has 1 aliphatic heterocycles. The first kappa shape index (κ1) is 21.0. The normalized spacial score (nSPS) is 13.8. The number of hydrogen-bond donors (Lipinski definition) is 0. The SMILES string of the molecule is COC(=O)C1=C(C(=O)OC)N(c2cc([N+](=O)[O-])c(OC)c(C)c2OC)COC1. The van der Waals surface area contributed by atoms with Crippen molar-refractivity contribution in [3.8, 4) is 11.5 Å². The molecule has 152 valence electrons. The number of nitrogens with zero attached hydrogens (tertiary/aromatic N) is 2. The van der Waals surface area contributed by atoms with Crippen molar-refractivity contribution >= 4 is 23.3 Å². The molecule has 0 saturated carbocycles. The Balaban J connectivity index is 2.81. The average molecular weight is 396 g/mol. The van der Waals surface area contributed by atoms with Gasteiger partial charge in [0.05, 0.1) is 51.2 Å². The molecule has 0 N–H and O–H groups in total. The lowest BCUT2D eigenvalue weighted by Gasteiger charge is -2.32.